The van der Waals surface area contributed by atoms with Gasteiger partial charge in [-0.1, -0.05) is 30.7 Å². The molecule has 1 fully saturated rings. The number of likely N-dealkylation sites (tertiary alicyclic amines) is 1. The number of piperidine rings is 1. The summed E-state index contributed by atoms with van der Waals surface area (Å²) < 4.78 is 13.5. The predicted molar refractivity (Wildman–Crippen MR) is 131 cm³/mol. The third-order valence-electron chi connectivity index (χ3n) is 5.83. The lowest BCUT2D eigenvalue weighted by atomic mass is 10.1. The van der Waals surface area contributed by atoms with E-state index in [9.17, 15) is 5.11 Å². The lowest BCUT2D eigenvalue weighted by Crippen LogP contribution is -2.33. The molecule has 5 rings (SSSR count). The molecule has 0 atom stereocenters. The summed E-state index contributed by atoms with van der Waals surface area (Å²) in [7, 11) is 0. The number of hydrogen-bond donors (Lipinski definition) is 1. The molecule has 0 aliphatic carbocycles. The van der Waals surface area contributed by atoms with E-state index in [0.29, 0.717) is 6.61 Å². The number of fused-ring (bicyclic) bond motifs is 1. The van der Waals surface area contributed by atoms with Crippen LogP contribution in [0.3, 0.4) is 0 Å². The lowest BCUT2D eigenvalue weighted by Gasteiger charge is -2.26. The molecule has 1 aromatic heterocycles. The van der Waals surface area contributed by atoms with E-state index in [-0.39, 0.29) is 5.75 Å². The zero-order valence-corrected chi connectivity index (χ0v) is 18.8. The summed E-state index contributed by atoms with van der Waals surface area (Å²) in [5.74, 6) is 2.68. The fraction of sp³-hybridized carbons (Fsp3) is 0.259. The van der Waals surface area contributed by atoms with Gasteiger partial charge in [0.1, 0.15) is 23.9 Å². The first-order valence-corrected chi connectivity index (χ1v) is 12.0. The van der Waals surface area contributed by atoms with Gasteiger partial charge in [0.2, 0.25) is 0 Å². The Balaban J connectivity index is 1.32. The highest BCUT2D eigenvalue weighted by Gasteiger charge is 2.16. The fourth-order valence-electron chi connectivity index (χ4n) is 4.16. The summed E-state index contributed by atoms with van der Waals surface area (Å²) in [4.78, 5) is 3.48. The van der Waals surface area contributed by atoms with Crippen molar-refractivity contribution in [2.24, 2.45) is 0 Å². The minimum atomic E-state index is 0.247. The van der Waals surface area contributed by atoms with Gasteiger partial charge in [-0.25, -0.2) is 0 Å². The number of hydrogen-bond acceptors (Lipinski definition) is 5. The molecule has 2 heterocycles. The molecule has 5 heteroatoms. The standard InChI is InChI=1S/C27H27NO3S/c29-21-8-6-7-20(19-21)27-26(24-9-2-3-10-25(24)32-27)31-23-13-11-22(12-14-23)30-18-17-28-15-4-1-5-16-28/h2-3,6-14,19,29H,1,4-5,15-18H2. The Hall–Kier alpha value is -3.02. The van der Waals surface area contributed by atoms with Crippen LogP contribution in [0, 0.1) is 0 Å². The second-order valence-corrected chi connectivity index (χ2v) is 9.18. The monoisotopic (exact) mass is 445 g/mol. The Kier molecular flexibility index (Phi) is 6.28. The minimum absolute atomic E-state index is 0.247. The van der Waals surface area contributed by atoms with Gasteiger partial charge in [-0.05, 0) is 80.0 Å². The van der Waals surface area contributed by atoms with Gasteiger partial charge in [0.05, 0.1) is 4.88 Å². The molecule has 1 N–H and O–H groups in total. The van der Waals surface area contributed by atoms with Crippen LogP contribution in [0.2, 0.25) is 0 Å². The number of phenolic OH excluding ortho intramolecular Hbond substituents is 1. The van der Waals surface area contributed by atoms with Crippen molar-refractivity contribution in [2.75, 3.05) is 26.2 Å². The van der Waals surface area contributed by atoms with Crippen molar-refractivity contribution in [3.8, 4) is 33.4 Å². The first kappa shape index (κ1) is 20.9. The van der Waals surface area contributed by atoms with Gasteiger partial charge in [-0.15, -0.1) is 11.3 Å². The Labute approximate surface area is 192 Å². The van der Waals surface area contributed by atoms with Crippen LogP contribution in [0.15, 0.2) is 72.8 Å². The largest absolute Gasteiger partial charge is 0.508 e. The van der Waals surface area contributed by atoms with E-state index in [0.717, 1.165) is 44.3 Å². The average Bonchev–Trinajstić information content (AvgIpc) is 3.19. The van der Waals surface area contributed by atoms with Crippen molar-refractivity contribution in [2.45, 2.75) is 19.3 Å². The zero-order valence-electron chi connectivity index (χ0n) is 18.0. The van der Waals surface area contributed by atoms with Gasteiger partial charge < -0.3 is 14.6 Å². The van der Waals surface area contributed by atoms with Crippen molar-refractivity contribution in [3.63, 3.8) is 0 Å². The summed E-state index contributed by atoms with van der Waals surface area (Å²) in [6.07, 6.45) is 3.95. The minimum Gasteiger partial charge on any atom is -0.508 e. The molecule has 1 aliphatic rings. The van der Waals surface area contributed by atoms with Crippen molar-refractivity contribution >= 4 is 21.4 Å². The molecule has 0 unspecified atom stereocenters. The van der Waals surface area contributed by atoms with Crippen LogP contribution >= 0.6 is 11.3 Å². The smallest absolute Gasteiger partial charge is 0.153 e. The number of phenols is 1. The highest BCUT2D eigenvalue weighted by Crippen LogP contribution is 2.46. The maximum Gasteiger partial charge on any atom is 0.153 e. The van der Waals surface area contributed by atoms with Gasteiger partial charge in [-0.2, -0.15) is 0 Å². The number of aromatic hydroxyl groups is 1. The molecule has 0 spiro atoms. The average molecular weight is 446 g/mol. The Morgan fingerprint density at radius 1 is 0.844 bits per heavy atom. The second kappa shape index (κ2) is 9.63. The molecule has 0 amide bonds. The first-order chi connectivity index (χ1) is 15.8. The number of thiophene rings is 1. The van der Waals surface area contributed by atoms with Gasteiger partial charge >= 0.3 is 0 Å². The molecule has 32 heavy (non-hydrogen) atoms. The van der Waals surface area contributed by atoms with Crippen molar-refractivity contribution in [3.05, 3.63) is 72.8 Å². The molecular weight excluding hydrogens is 418 g/mol. The van der Waals surface area contributed by atoms with Crippen LogP contribution in [0.25, 0.3) is 20.5 Å². The Morgan fingerprint density at radius 2 is 1.62 bits per heavy atom. The van der Waals surface area contributed by atoms with Crippen LogP contribution < -0.4 is 9.47 Å². The Bertz CT molecular complexity index is 1180. The molecule has 0 radical (unpaired) electrons. The van der Waals surface area contributed by atoms with Crippen molar-refractivity contribution in [1.82, 2.24) is 4.90 Å². The third kappa shape index (κ3) is 4.74. The first-order valence-electron chi connectivity index (χ1n) is 11.2. The Morgan fingerprint density at radius 3 is 2.44 bits per heavy atom. The highest BCUT2D eigenvalue weighted by atomic mass is 32.1. The molecule has 4 aromatic rings. The molecule has 1 aliphatic heterocycles. The molecule has 164 valence electrons. The summed E-state index contributed by atoms with van der Waals surface area (Å²) in [6.45, 7) is 4.06. The van der Waals surface area contributed by atoms with E-state index in [1.165, 1.54) is 32.4 Å². The fourth-order valence-corrected chi connectivity index (χ4v) is 5.28. The third-order valence-corrected chi connectivity index (χ3v) is 7.03. The lowest BCUT2D eigenvalue weighted by molar-refractivity contribution is 0.183. The summed E-state index contributed by atoms with van der Waals surface area (Å²) in [5, 5.41) is 11.0. The van der Waals surface area contributed by atoms with Gasteiger partial charge in [-0.3, -0.25) is 4.90 Å². The van der Waals surface area contributed by atoms with E-state index in [1.807, 2.05) is 48.5 Å². The van der Waals surface area contributed by atoms with Crippen LogP contribution in [0.4, 0.5) is 0 Å². The highest BCUT2D eigenvalue weighted by molar-refractivity contribution is 7.22. The van der Waals surface area contributed by atoms with Gasteiger partial charge in [0, 0.05) is 16.6 Å². The molecule has 3 aromatic carbocycles. The number of nitrogens with zero attached hydrogens (tertiary/aromatic N) is 1. The van der Waals surface area contributed by atoms with E-state index in [4.69, 9.17) is 9.47 Å². The molecule has 4 nitrogen and oxygen atoms in total. The molecular formula is C27H27NO3S. The van der Waals surface area contributed by atoms with E-state index >= 15 is 0 Å². The van der Waals surface area contributed by atoms with Crippen LogP contribution in [-0.4, -0.2) is 36.2 Å². The van der Waals surface area contributed by atoms with E-state index < -0.39 is 0 Å². The number of benzene rings is 3. The molecule has 0 bridgehead atoms. The van der Waals surface area contributed by atoms with Crippen molar-refractivity contribution < 1.29 is 14.6 Å². The zero-order chi connectivity index (χ0) is 21.8. The summed E-state index contributed by atoms with van der Waals surface area (Å²) in [6, 6.07) is 23.4. The van der Waals surface area contributed by atoms with Gasteiger partial charge in [0.15, 0.2) is 5.75 Å². The van der Waals surface area contributed by atoms with Crippen molar-refractivity contribution in [1.29, 1.82) is 0 Å². The normalized spacial score (nSPS) is 14.5. The van der Waals surface area contributed by atoms with Crippen LogP contribution in [0.5, 0.6) is 23.0 Å². The SMILES string of the molecule is Oc1cccc(-c2sc3ccccc3c2Oc2ccc(OCCN3CCCCC3)cc2)c1. The maximum absolute atomic E-state index is 9.96. The van der Waals surface area contributed by atoms with E-state index in [2.05, 4.69) is 17.0 Å². The summed E-state index contributed by atoms with van der Waals surface area (Å²) >= 11 is 1.67. The van der Waals surface area contributed by atoms with Crippen LogP contribution in [-0.2, 0) is 0 Å². The summed E-state index contributed by atoms with van der Waals surface area (Å²) in [5.41, 5.74) is 0.943. The maximum atomic E-state index is 9.96. The molecule has 0 saturated carbocycles. The number of rotatable bonds is 7. The van der Waals surface area contributed by atoms with Gasteiger partial charge in [0.25, 0.3) is 0 Å². The van der Waals surface area contributed by atoms with E-state index in [1.54, 1.807) is 23.5 Å². The molecule has 1 saturated heterocycles. The topological polar surface area (TPSA) is 41.9 Å². The predicted octanol–water partition coefficient (Wildman–Crippen LogP) is 6.93. The second-order valence-electron chi connectivity index (χ2n) is 8.13. The number of ether oxygens (including phenoxy) is 2. The van der Waals surface area contributed by atoms with Crippen LogP contribution in [0.1, 0.15) is 19.3 Å². The quantitative estimate of drug-likeness (QED) is 0.335.